The Balaban J connectivity index is 2.13. The summed E-state index contributed by atoms with van der Waals surface area (Å²) < 4.78 is 5.72. The van der Waals surface area contributed by atoms with Crippen LogP contribution in [0.1, 0.15) is 40.0 Å². The minimum Gasteiger partial charge on any atom is -0.377 e. The number of ether oxygens (including phenoxy) is 1. The molecule has 2 rings (SSSR count). The quantitative estimate of drug-likeness (QED) is 0.825. The van der Waals surface area contributed by atoms with Gasteiger partial charge in [-0.3, -0.25) is 4.79 Å². The highest BCUT2D eigenvalue weighted by atomic mass is 16.5. The van der Waals surface area contributed by atoms with Crippen molar-refractivity contribution >= 4 is 5.91 Å². The highest BCUT2D eigenvalue weighted by Crippen LogP contribution is 2.58. The molecule has 0 aromatic rings. The van der Waals surface area contributed by atoms with Gasteiger partial charge in [0.15, 0.2) is 0 Å². The summed E-state index contributed by atoms with van der Waals surface area (Å²) in [6.07, 6.45) is 3.20. The molecule has 0 aromatic carbocycles. The average Bonchev–Trinajstić information content (AvgIpc) is 2.81. The molecule has 3 atom stereocenters. The number of amides is 1. The van der Waals surface area contributed by atoms with E-state index in [0.717, 1.165) is 32.4 Å². The first kappa shape index (κ1) is 13.8. The van der Waals surface area contributed by atoms with Gasteiger partial charge >= 0.3 is 0 Å². The number of hydrogen-bond donors (Lipinski definition) is 1. The third kappa shape index (κ3) is 1.62. The number of carbonyl (C=O) groups is 1. The number of carbonyl (C=O) groups excluding carboxylic acids is 1. The zero-order valence-electron chi connectivity index (χ0n) is 12.0. The second-order valence-corrected chi connectivity index (χ2v) is 6.36. The molecule has 18 heavy (non-hydrogen) atoms. The molecular formula is C14H26N2O2. The van der Waals surface area contributed by atoms with Crippen LogP contribution in [0.3, 0.4) is 0 Å². The van der Waals surface area contributed by atoms with Crippen molar-refractivity contribution in [2.75, 3.05) is 20.2 Å². The molecule has 1 aliphatic carbocycles. The molecule has 0 bridgehead atoms. The Morgan fingerprint density at radius 1 is 1.50 bits per heavy atom. The molecule has 2 N–H and O–H groups in total. The van der Waals surface area contributed by atoms with E-state index in [4.69, 9.17) is 10.5 Å². The first-order chi connectivity index (χ1) is 8.37. The molecule has 2 fully saturated rings. The fourth-order valence-electron chi connectivity index (χ4n) is 3.63. The Labute approximate surface area is 110 Å². The summed E-state index contributed by atoms with van der Waals surface area (Å²) in [6.45, 7) is 7.78. The minimum absolute atomic E-state index is 0.0905. The summed E-state index contributed by atoms with van der Waals surface area (Å²) in [6, 6.07) is 0. The predicted octanol–water partition coefficient (Wildman–Crippen LogP) is 1.39. The van der Waals surface area contributed by atoms with Crippen LogP contribution in [0, 0.1) is 11.3 Å². The van der Waals surface area contributed by atoms with Crippen LogP contribution in [0.15, 0.2) is 0 Å². The fraction of sp³-hybridized carbons (Fsp3) is 0.929. The van der Waals surface area contributed by atoms with E-state index >= 15 is 0 Å². The monoisotopic (exact) mass is 254 g/mol. The lowest BCUT2D eigenvalue weighted by atomic mass is 9.47. The van der Waals surface area contributed by atoms with E-state index in [-0.39, 0.29) is 23.3 Å². The summed E-state index contributed by atoms with van der Waals surface area (Å²) in [7, 11) is 1.87. The second kappa shape index (κ2) is 4.49. The second-order valence-electron chi connectivity index (χ2n) is 6.36. The van der Waals surface area contributed by atoms with Crippen LogP contribution in [-0.2, 0) is 9.53 Å². The van der Waals surface area contributed by atoms with Gasteiger partial charge in [-0.15, -0.1) is 0 Å². The van der Waals surface area contributed by atoms with E-state index in [2.05, 4.69) is 20.8 Å². The SMILES string of the molecule is CCCCN(C)C(=O)C1(N)C2CCOC2C1(C)C. The number of nitrogens with zero attached hydrogens (tertiary/aromatic N) is 1. The molecule has 1 amide bonds. The van der Waals surface area contributed by atoms with Crippen LogP contribution in [0.25, 0.3) is 0 Å². The summed E-state index contributed by atoms with van der Waals surface area (Å²) in [5.74, 6) is 0.289. The van der Waals surface area contributed by atoms with Crippen molar-refractivity contribution in [3.8, 4) is 0 Å². The summed E-state index contributed by atoms with van der Waals surface area (Å²) in [4.78, 5) is 14.5. The topological polar surface area (TPSA) is 55.6 Å². The van der Waals surface area contributed by atoms with Gasteiger partial charge in [0.2, 0.25) is 5.91 Å². The molecule has 4 heteroatoms. The van der Waals surface area contributed by atoms with Gasteiger partial charge in [0, 0.05) is 31.5 Å². The molecular weight excluding hydrogens is 228 g/mol. The molecule has 3 unspecified atom stereocenters. The number of rotatable bonds is 4. The molecule has 0 aromatic heterocycles. The molecule has 0 radical (unpaired) electrons. The number of nitrogens with two attached hydrogens (primary N) is 1. The zero-order valence-corrected chi connectivity index (χ0v) is 12.0. The molecule has 104 valence electrons. The first-order valence-corrected chi connectivity index (χ1v) is 7.03. The van der Waals surface area contributed by atoms with Crippen LogP contribution in [-0.4, -0.2) is 42.6 Å². The van der Waals surface area contributed by atoms with Gasteiger partial charge in [-0.05, 0) is 12.8 Å². The van der Waals surface area contributed by atoms with Crippen molar-refractivity contribution in [3.05, 3.63) is 0 Å². The van der Waals surface area contributed by atoms with Gasteiger partial charge in [-0.25, -0.2) is 0 Å². The molecule has 1 saturated heterocycles. The van der Waals surface area contributed by atoms with Gasteiger partial charge in [0.25, 0.3) is 0 Å². The van der Waals surface area contributed by atoms with Gasteiger partial charge in [0.05, 0.1) is 6.10 Å². The molecule has 1 saturated carbocycles. The van der Waals surface area contributed by atoms with Crippen LogP contribution in [0.2, 0.25) is 0 Å². The Morgan fingerprint density at radius 2 is 2.17 bits per heavy atom. The smallest absolute Gasteiger partial charge is 0.243 e. The summed E-state index contributed by atoms with van der Waals surface area (Å²) in [5, 5.41) is 0. The van der Waals surface area contributed by atoms with Crippen molar-refractivity contribution in [2.24, 2.45) is 17.1 Å². The van der Waals surface area contributed by atoms with Crippen molar-refractivity contribution < 1.29 is 9.53 Å². The normalized spacial score (nSPS) is 36.9. The Bertz CT molecular complexity index is 343. The van der Waals surface area contributed by atoms with E-state index in [1.807, 2.05) is 7.05 Å². The highest BCUT2D eigenvalue weighted by molar-refractivity contribution is 5.89. The van der Waals surface area contributed by atoms with Crippen LogP contribution in [0.5, 0.6) is 0 Å². The van der Waals surface area contributed by atoms with E-state index < -0.39 is 5.54 Å². The summed E-state index contributed by atoms with van der Waals surface area (Å²) in [5.41, 5.74) is 5.51. The largest absolute Gasteiger partial charge is 0.377 e. The van der Waals surface area contributed by atoms with Crippen molar-refractivity contribution in [2.45, 2.75) is 51.7 Å². The average molecular weight is 254 g/mol. The third-order valence-electron chi connectivity index (χ3n) is 5.00. The van der Waals surface area contributed by atoms with E-state index in [9.17, 15) is 4.79 Å². The van der Waals surface area contributed by atoms with Gasteiger partial charge in [0.1, 0.15) is 5.54 Å². The molecule has 2 aliphatic rings. The maximum atomic E-state index is 12.7. The van der Waals surface area contributed by atoms with Crippen molar-refractivity contribution in [1.82, 2.24) is 4.90 Å². The van der Waals surface area contributed by atoms with E-state index in [1.165, 1.54) is 0 Å². The minimum atomic E-state index is -0.739. The number of likely N-dealkylation sites (N-methyl/N-ethyl adjacent to an activating group) is 1. The Morgan fingerprint density at radius 3 is 2.78 bits per heavy atom. The van der Waals surface area contributed by atoms with Crippen LogP contribution < -0.4 is 5.73 Å². The molecule has 1 heterocycles. The Kier molecular flexibility index (Phi) is 3.45. The number of fused-ring (bicyclic) bond motifs is 1. The summed E-state index contributed by atoms with van der Waals surface area (Å²) >= 11 is 0. The highest BCUT2D eigenvalue weighted by Gasteiger charge is 2.71. The maximum absolute atomic E-state index is 12.7. The van der Waals surface area contributed by atoms with Gasteiger partial charge in [-0.2, -0.15) is 0 Å². The molecule has 1 aliphatic heterocycles. The van der Waals surface area contributed by atoms with E-state index in [1.54, 1.807) is 4.90 Å². The lowest BCUT2D eigenvalue weighted by molar-refractivity contribution is -0.183. The molecule has 0 spiro atoms. The van der Waals surface area contributed by atoms with Gasteiger partial charge in [-0.1, -0.05) is 27.2 Å². The predicted molar refractivity (Wildman–Crippen MR) is 71.1 cm³/mol. The maximum Gasteiger partial charge on any atom is 0.243 e. The zero-order chi connectivity index (χ0) is 13.6. The van der Waals surface area contributed by atoms with Crippen LogP contribution in [0.4, 0.5) is 0 Å². The van der Waals surface area contributed by atoms with Crippen molar-refractivity contribution in [3.63, 3.8) is 0 Å². The molecule has 4 nitrogen and oxygen atoms in total. The van der Waals surface area contributed by atoms with Crippen molar-refractivity contribution in [1.29, 1.82) is 0 Å². The fourth-order valence-corrected chi connectivity index (χ4v) is 3.63. The number of hydrogen-bond acceptors (Lipinski definition) is 3. The lowest BCUT2D eigenvalue weighted by Crippen LogP contribution is -2.80. The number of unbranched alkanes of at least 4 members (excludes halogenated alkanes) is 1. The van der Waals surface area contributed by atoms with Gasteiger partial charge < -0.3 is 15.4 Å². The lowest BCUT2D eigenvalue weighted by Gasteiger charge is -2.61. The van der Waals surface area contributed by atoms with Crippen LogP contribution >= 0.6 is 0 Å². The standard InChI is InChI=1S/C14H26N2O2/c1-5-6-8-16(4)12(17)14(15)10-7-9-18-11(10)13(14,2)3/h10-11H,5-9,15H2,1-4H3. The first-order valence-electron chi connectivity index (χ1n) is 7.03. The third-order valence-corrected chi connectivity index (χ3v) is 5.00. The van der Waals surface area contributed by atoms with E-state index in [0.29, 0.717) is 0 Å². The Hall–Kier alpha value is -0.610.